The lowest BCUT2D eigenvalue weighted by atomic mass is 10.0. The van der Waals surface area contributed by atoms with Crippen LogP contribution in [-0.4, -0.2) is 54.2 Å². The van der Waals surface area contributed by atoms with E-state index in [4.69, 9.17) is 0 Å². The van der Waals surface area contributed by atoms with Gasteiger partial charge in [0, 0.05) is 25.1 Å². The van der Waals surface area contributed by atoms with Crippen LogP contribution in [0.15, 0.2) is 18.2 Å². The van der Waals surface area contributed by atoms with Crippen molar-refractivity contribution in [3.8, 4) is 0 Å². The lowest BCUT2D eigenvalue weighted by Gasteiger charge is -2.27. The van der Waals surface area contributed by atoms with Crippen molar-refractivity contribution in [2.45, 2.75) is 83.1 Å². The highest BCUT2D eigenvalue weighted by molar-refractivity contribution is 6.23. The highest BCUT2D eigenvalue weighted by atomic mass is 16.5. The topological polar surface area (TPSA) is 122 Å². The molecule has 1 aromatic carbocycles. The molecule has 2 aliphatic heterocycles. The maximum atomic E-state index is 12.9. The molecule has 0 bridgehead atoms. The standard InChI is InChI=1S/C26H35N3O6/c1-35-23(31)11-9-7-5-3-2-4-6-8-10-16-27-18-12-13-19-20(17-18)26(34)29(25(19)33)21-14-15-22(30)28-24(21)32/h12-13,17,21,27H,2-11,14-16H2,1H3,(H,28,30,32). The quantitative estimate of drug-likeness (QED) is 0.235. The molecule has 190 valence electrons. The zero-order valence-electron chi connectivity index (χ0n) is 20.4. The number of rotatable bonds is 14. The van der Waals surface area contributed by atoms with E-state index in [2.05, 4.69) is 15.4 Å². The molecule has 0 aliphatic carbocycles. The number of amides is 4. The van der Waals surface area contributed by atoms with E-state index >= 15 is 0 Å². The van der Waals surface area contributed by atoms with Gasteiger partial charge in [-0.05, 0) is 37.5 Å². The summed E-state index contributed by atoms with van der Waals surface area (Å²) in [5.74, 6) is -2.11. The summed E-state index contributed by atoms with van der Waals surface area (Å²) in [7, 11) is 1.42. The van der Waals surface area contributed by atoms with Crippen LogP contribution in [0.5, 0.6) is 0 Å². The van der Waals surface area contributed by atoms with Gasteiger partial charge in [-0.15, -0.1) is 0 Å². The first-order valence-corrected chi connectivity index (χ1v) is 12.6. The summed E-state index contributed by atoms with van der Waals surface area (Å²) in [6, 6.07) is 4.12. The molecule has 1 saturated heterocycles. The van der Waals surface area contributed by atoms with Crippen LogP contribution in [0.1, 0.15) is 97.8 Å². The average molecular weight is 486 g/mol. The number of benzene rings is 1. The number of hydrogen-bond acceptors (Lipinski definition) is 7. The fourth-order valence-electron chi connectivity index (χ4n) is 4.55. The number of nitrogens with one attached hydrogen (secondary N) is 2. The molecule has 9 nitrogen and oxygen atoms in total. The minimum atomic E-state index is -0.948. The smallest absolute Gasteiger partial charge is 0.305 e. The minimum absolute atomic E-state index is 0.105. The normalized spacial score (nSPS) is 17.4. The van der Waals surface area contributed by atoms with Gasteiger partial charge in [0.2, 0.25) is 11.8 Å². The number of unbranched alkanes of at least 4 members (excludes halogenated alkanes) is 8. The Morgan fingerprint density at radius 1 is 0.943 bits per heavy atom. The Morgan fingerprint density at radius 2 is 1.57 bits per heavy atom. The second-order valence-electron chi connectivity index (χ2n) is 9.14. The molecule has 1 unspecified atom stereocenters. The Balaban J connectivity index is 1.33. The first-order chi connectivity index (χ1) is 16.9. The molecule has 3 rings (SSSR count). The van der Waals surface area contributed by atoms with Gasteiger partial charge in [0.1, 0.15) is 6.04 Å². The molecular weight excluding hydrogens is 450 g/mol. The van der Waals surface area contributed by atoms with Gasteiger partial charge in [-0.2, -0.15) is 0 Å². The second-order valence-corrected chi connectivity index (χ2v) is 9.14. The zero-order valence-corrected chi connectivity index (χ0v) is 20.4. The lowest BCUT2D eigenvalue weighted by molar-refractivity contribution is -0.141. The Morgan fingerprint density at radius 3 is 2.23 bits per heavy atom. The third-order valence-electron chi connectivity index (χ3n) is 6.55. The maximum Gasteiger partial charge on any atom is 0.305 e. The molecule has 2 aliphatic rings. The number of piperidine rings is 1. The third-order valence-corrected chi connectivity index (χ3v) is 6.55. The van der Waals surface area contributed by atoms with Gasteiger partial charge in [-0.25, -0.2) is 0 Å². The SMILES string of the molecule is COC(=O)CCCCCCCCCCCNc1ccc2c(c1)C(=O)N(C1CCC(=O)NC1=O)C2=O. The van der Waals surface area contributed by atoms with Crippen molar-refractivity contribution in [1.82, 2.24) is 10.2 Å². The predicted octanol–water partition coefficient (Wildman–Crippen LogP) is 3.57. The second kappa shape index (κ2) is 13.0. The van der Waals surface area contributed by atoms with Crippen molar-refractivity contribution in [2.75, 3.05) is 19.0 Å². The van der Waals surface area contributed by atoms with Crippen molar-refractivity contribution in [2.24, 2.45) is 0 Å². The summed E-state index contributed by atoms with van der Waals surface area (Å²) >= 11 is 0. The first-order valence-electron chi connectivity index (χ1n) is 12.6. The number of carbonyl (C=O) groups excluding carboxylic acids is 5. The molecule has 2 heterocycles. The maximum absolute atomic E-state index is 12.9. The number of imide groups is 2. The Hall–Kier alpha value is -3.23. The van der Waals surface area contributed by atoms with Crippen molar-refractivity contribution in [1.29, 1.82) is 0 Å². The summed E-state index contributed by atoms with van der Waals surface area (Å²) < 4.78 is 4.64. The molecule has 2 N–H and O–H groups in total. The molecule has 4 amide bonds. The van der Waals surface area contributed by atoms with E-state index in [1.54, 1.807) is 18.2 Å². The molecule has 1 fully saturated rings. The van der Waals surface area contributed by atoms with E-state index in [1.165, 1.54) is 32.8 Å². The van der Waals surface area contributed by atoms with E-state index < -0.39 is 23.8 Å². The Labute approximate surface area is 205 Å². The van der Waals surface area contributed by atoms with Gasteiger partial charge in [0.05, 0.1) is 18.2 Å². The largest absolute Gasteiger partial charge is 0.469 e. The third kappa shape index (κ3) is 7.13. The molecular formula is C26H35N3O6. The van der Waals surface area contributed by atoms with Gasteiger partial charge in [0.25, 0.3) is 11.8 Å². The number of nitrogens with zero attached hydrogens (tertiary/aromatic N) is 1. The van der Waals surface area contributed by atoms with Crippen LogP contribution in [0.25, 0.3) is 0 Å². The van der Waals surface area contributed by atoms with Crippen molar-refractivity contribution in [3.63, 3.8) is 0 Å². The van der Waals surface area contributed by atoms with Crippen LogP contribution < -0.4 is 10.6 Å². The van der Waals surface area contributed by atoms with Crippen molar-refractivity contribution >= 4 is 35.3 Å². The highest BCUT2D eigenvalue weighted by Crippen LogP contribution is 2.29. The zero-order chi connectivity index (χ0) is 25.2. The minimum Gasteiger partial charge on any atom is -0.469 e. The highest BCUT2D eigenvalue weighted by Gasteiger charge is 2.44. The van der Waals surface area contributed by atoms with Gasteiger partial charge >= 0.3 is 5.97 Å². The van der Waals surface area contributed by atoms with Gasteiger partial charge in [0.15, 0.2) is 0 Å². The predicted molar refractivity (Wildman–Crippen MR) is 130 cm³/mol. The Bertz CT molecular complexity index is 960. The van der Waals surface area contributed by atoms with Crippen LogP contribution in [0.4, 0.5) is 5.69 Å². The average Bonchev–Trinajstić information content (AvgIpc) is 3.09. The molecule has 9 heteroatoms. The summed E-state index contributed by atoms with van der Waals surface area (Å²) in [5, 5.41) is 5.52. The number of fused-ring (bicyclic) bond motifs is 1. The van der Waals surface area contributed by atoms with Crippen molar-refractivity contribution < 1.29 is 28.7 Å². The van der Waals surface area contributed by atoms with E-state index in [-0.39, 0.29) is 35.8 Å². The molecule has 0 radical (unpaired) electrons. The number of hydrogen-bond donors (Lipinski definition) is 2. The fourth-order valence-corrected chi connectivity index (χ4v) is 4.55. The molecule has 1 aromatic rings. The van der Waals surface area contributed by atoms with E-state index in [1.807, 2.05) is 0 Å². The van der Waals surface area contributed by atoms with Crippen molar-refractivity contribution in [3.05, 3.63) is 29.3 Å². The summed E-state index contributed by atoms with van der Waals surface area (Å²) in [5.41, 5.74) is 1.34. The molecule has 0 aromatic heterocycles. The summed E-state index contributed by atoms with van der Waals surface area (Å²) in [6.45, 7) is 0.769. The van der Waals surface area contributed by atoms with E-state index in [0.29, 0.717) is 6.42 Å². The van der Waals surface area contributed by atoms with Gasteiger partial charge in [-0.1, -0.05) is 44.9 Å². The molecule has 0 spiro atoms. The number of esters is 1. The van der Waals surface area contributed by atoms with Gasteiger partial charge in [-0.3, -0.25) is 34.2 Å². The summed E-state index contributed by atoms with van der Waals surface area (Å²) in [4.78, 5) is 61.2. The van der Waals surface area contributed by atoms with Crippen LogP contribution in [0.2, 0.25) is 0 Å². The fraction of sp³-hybridized carbons (Fsp3) is 0.577. The number of anilines is 1. The van der Waals surface area contributed by atoms with Crippen LogP contribution >= 0.6 is 0 Å². The number of carbonyl (C=O) groups is 5. The van der Waals surface area contributed by atoms with Gasteiger partial charge < -0.3 is 10.1 Å². The first kappa shape index (κ1) is 26.4. The van der Waals surface area contributed by atoms with E-state index in [9.17, 15) is 24.0 Å². The summed E-state index contributed by atoms with van der Waals surface area (Å²) in [6.07, 6.45) is 10.8. The number of methoxy groups -OCH3 is 1. The number of ether oxygens (including phenoxy) is 1. The van der Waals surface area contributed by atoms with Crippen LogP contribution in [0, 0.1) is 0 Å². The Kier molecular flexibility index (Phi) is 9.81. The lowest BCUT2D eigenvalue weighted by Crippen LogP contribution is -2.54. The van der Waals surface area contributed by atoms with E-state index in [0.717, 1.165) is 49.2 Å². The molecule has 35 heavy (non-hydrogen) atoms. The monoisotopic (exact) mass is 485 g/mol. The molecule has 1 atom stereocenters. The van der Waals surface area contributed by atoms with Crippen LogP contribution in [-0.2, 0) is 19.1 Å². The van der Waals surface area contributed by atoms with Crippen LogP contribution in [0.3, 0.4) is 0 Å². The molecule has 0 saturated carbocycles.